The number of hydrogen-bond donors (Lipinski definition) is 3. The minimum atomic E-state index is -0.243. The maximum Gasteiger partial charge on any atom is 0.243 e. The quantitative estimate of drug-likeness (QED) is 0.724. The lowest BCUT2D eigenvalue weighted by molar-refractivity contribution is -0.123. The fraction of sp³-hybridized carbons (Fsp3) is 0.333. The Kier molecular flexibility index (Phi) is 6.21. The summed E-state index contributed by atoms with van der Waals surface area (Å²) in [6.07, 6.45) is 0.313. The molecule has 0 saturated carbocycles. The van der Waals surface area contributed by atoms with Crippen molar-refractivity contribution in [1.29, 1.82) is 0 Å². The van der Waals surface area contributed by atoms with Crippen LogP contribution in [0.3, 0.4) is 0 Å². The zero-order valence-corrected chi connectivity index (χ0v) is 12.5. The molecule has 0 bridgehead atoms. The smallest absolute Gasteiger partial charge is 0.243 e. The molecule has 2 N–H and O–H groups in total. The second kappa shape index (κ2) is 7.43. The van der Waals surface area contributed by atoms with Gasteiger partial charge in [0.05, 0.1) is 6.54 Å². The van der Waals surface area contributed by atoms with E-state index in [4.69, 9.17) is 0 Å². The van der Waals surface area contributed by atoms with Crippen LogP contribution in [-0.2, 0) is 9.59 Å². The number of thiol groups is 1. The summed E-state index contributed by atoms with van der Waals surface area (Å²) in [5.41, 5.74) is 1.70. The van der Waals surface area contributed by atoms with E-state index < -0.39 is 0 Å². The molecule has 0 fully saturated rings. The molecule has 98 valence electrons. The summed E-state index contributed by atoms with van der Waals surface area (Å²) < 4.78 is 0.958. The Balaban J connectivity index is 2.47. The van der Waals surface area contributed by atoms with Crippen LogP contribution in [0.2, 0.25) is 0 Å². The number of halogens is 1. The van der Waals surface area contributed by atoms with E-state index in [0.717, 1.165) is 15.7 Å². The molecule has 1 aromatic rings. The van der Waals surface area contributed by atoms with Gasteiger partial charge in [-0.2, -0.15) is 12.6 Å². The Bertz CT molecular complexity index is 452. The normalized spacial score (nSPS) is 9.94. The molecule has 0 atom stereocenters. The van der Waals surface area contributed by atoms with Crippen molar-refractivity contribution in [1.82, 2.24) is 5.32 Å². The molecule has 0 radical (unpaired) electrons. The van der Waals surface area contributed by atoms with Gasteiger partial charge in [-0.1, -0.05) is 15.9 Å². The molecule has 6 heteroatoms. The van der Waals surface area contributed by atoms with Gasteiger partial charge in [0.25, 0.3) is 0 Å². The predicted octanol–water partition coefficient (Wildman–Crippen LogP) is 2.13. The molecule has 0 aromatic heterocycles. The maximum atomic E-state index is 11.6. The number of rotatable bonds is 5. The van der Waals surface area contributed by atoms with Gasteiger partial charge in [-0.15, -0.1) is 0 Å². The Morgan fingerprint density at radius 2 is 2.06 bits per heavy atom. The third-order valence-corrected chi connectivity index (χ3v) is 2.96. The number of aryl methyl sites for hydroxylation is 1. The van der Waals surface area contributed by atoms with Gasteiger partial charge in [-0.05, 0) is 36.4 Å². The van der Waals surface area contributed by atoms with Crippen LogP contribution in [0.25, 0.3) is 0 Å². The summed E-state index contributed by atoms with van der Waals surface area (Å²) in [6, 6.07) is 5.57. The standard InChI is InChI=1S/C12H15BrN2O2S/c1-8-6-9(13)2-3-10(8)15-12(17)7-14-11(16)4-5-18/h2-3,6,18H,4-5,7H2,1H3,(H,14,16)(H,15,17). The van der Waals surface area contributed by atoms with Gasteiger partial charge in [0.15, 0.2) is 0 Å². The Morgan fingerprint density at radius 3 is 2.67 bits per heavy atom. The molecule has 0 saturated heterocycles. The van der Waals surface area contributed by atoms with E-state index in [1.54, 1.807) is 0 Å². The Labute approximate surface area is 120 Å². The molecule has 0 aliphatic rings. The summed E-state index contributed by atoms with van der Waals surface area (Å²) in [4.78, 5) is 22.8. The van der Waals surface area contributed by atoms with Crippen LogP contribution < -0.4 is 10.6 Å². The number of carbonyl (C=O) groups is 2. The average Bonchev–Trinajstić information content (AvgIpc) is 2.31. The Hall–Kier alpha value is -1.01. The lowest BCUT2D eigenvalue weighted by Crippen LogP contribution is -2.33. The molecule has 0 heterocycles. The highest BCUT2D eigenvalue weighted by Gasteiger charge is 2.06. The molecule has 0 unspecified atom stereocenters. The minimum absolute atomic E-state index is 0.0257. The third-order valence-electron chi connectivity index (χ3n) is 2.25. The largest absolute Gasteiger partial charge is 0.347 e. The van der Waals surface area contributed by atoms with E-state index in [0.29, 0.717) is 12.2 Å². The highest BCUT2D eigenvalue weighted by molar-refractivity contribution is 9.10. The molecule has 0 aliphatic carbocycles. The van der Waals surface area contributed by atoms with Gasteiger partial charge in [0.2, 0.25) is 11.8 Å². The van der Waals surface area contributed by atoms with Crippen molar-refractivity contribution in [2.45, 2.75) is 13.3 Å². The van der Waals surface area contributed by atoms with Gasteiger partial charge < -0.3 is 10.6 Å². The second-order valence-electron chi connectivity index (χ2n) is 3.76. The first-order valence-electron chi connectivity index (χ1n) is 5.46. The zero-order valence-electron chi connectivity index (χ0n) is 10.00. The summed E-state index contributed by atoms with van der Waals surface area (Å²) in [5, 5.41) is 5.27. The first kappa shape index (κ1) is 15.0. The van der Waals surface area contributed by atoms with Gasteiger partial charge in [0.1, 0.15) is 0 Å². The number of amides is 2. The molecule has 0 aliphatic heterocycles. The van der Waals surface area contributed by atoms with E-state index >= 15 is 0 Å². The molecular formula is C12H15BrN2O2S. The highest BCUT2D eigenvalue weighted by atomic mass is 79.9. The average molecular weight is 331 g/mol. The van der Waals surface area contributed by atoms with Crippen LogP contribution in [0, 0.1) is 6.92 Å². The summed E-state index contributed by atoms with van der Waals surface area (Å²) in [7, 11) is 0. The molecule has 18 heavy (non-hydrogen) atoms. The monoisotopic (exact) mass is 330 g/mol. The van der Waals surface area contributed by atoms with Crippen LogP contribution in [0.1, 0.15) is 12.0 Å². The van der Waals surface area contributed by atoms with Crippen molar-refractivity contribution in [3.8, 4) is 0 Å². The van der Waals surface area contributed by atoms with Crippen molar-refractivity contribution in [2.24, 2.45) is 0 Å². The first-order valence-corrected chi connectivity index (χ1v) is 6.89. The van der Waals surface area contributed by atoms with Crippen molar-refractivity contribution in [3.63, 3.8) is 0 Å². The summed E-state index contributed by atoms with van der Waals surface area (Å²) in [5.74, 6) is 0.0554. The van der Waals surface area contributed by atoms with E-state index in [-0.39, 0.29) is 18.4 Å². The summed E-state index contributed by atoms with van der Waals surface area (Å²) >= 11 is 7.29. The predicted molar refractivity (Wildman–Crippen MR) is 79.0 cm³/mol. The molecular weight excluding hydrogens is 316 g/mol. The number of carbonyl (C=O) groups excluding carboxylic acids is 2. The van der Waals surface area contributed by atoms with Crippen LogP contribution >= 0.6 is 28.6 Å². The van der Waals surface area contributed by atoms with E-state index in [2.05, 4.69) is 39.2 Å². The number of hydrogen-bond acceptors (Lipinski definition) is 3. The summed E-state index contributed by atoms with van der Waals surface area (Å²) in [6.45, 7) is 1.88. The van der Waals surface area contributed by atoms with Gasteiger partial charge in [-0.25, -0.2) is 0 Å². The fourth-order valence-corrected chi connectivity index (χ4v) is 2.01. The molecule has 0 spiro atoms. The molecule has 2 amide bonds. The van der Waals surface area contributed by atoms with Gasteiger partial charge in [0, 0.05) is 16.6 Å². The van der Waals surface area contributed by atoms with E-state index in [1.165, 1.54) is 0 Å². The van der Waals surface area contributed by atoms with Crippen LogP contribution in [0.4, 0.5) is 5.69 Å². The van der Waals surface area contributed by atoms with Crippen LogP contribution in [0.15, 0.2) is 22.7 Å². The second-order valence-corrected chi connectivity index (χ2v) is 5.12. The lowest BCUT2D eigenvalue weighted by Gasteiger charge is -2.09. The van der Waals surface area contributed by atoms with Crippen molar-refractivity contribution >= 4 is 46.1 Å². The van der Waals surface area contributed by atoms with E-state index in [9.17, 15) is 9.59 Å². The maximum absolute atomic E-state index is 11.6. The van der Waals surface area contributed by atoms with Crippen molar-refractivity contribution < 1.29 is 9.59 Å². The number of anilines is 1. The molecule has 1 rings (SSSR count). The number of nitrogens with one attached hydrogen (secondary N) is 2. The topological polar surface area (TPSA) is 58.2 Å². The van der Waals surface area contributed by atoms with Gasteiger partial charge >= 0.3 is 0 Å². The lowest BCUT2D eigenvalue weighted by atomic mass is 10.2. The van der Waals surface area contributed by atoms with Crippen molar-refractivity contribution in [3.05, 3.63) is 28.2 Å². The van der Waals surface area contributed by atoms with Crippen molar-refractivity contribution in [2.75, 3.05) is 17.6 Å². The highest BCUT2D eigenvalue weighted by Crippen LogP contribution is 2.19. The fourth-order valence-electron chi connectivity index (χ4n) is 1.33. The van der Waals surface area contributed by atoms with E-state index in [1.807, 2.05) is 25.1 Å². The zero-order chi connectivity index (χ0) is 13.5. The molecule has 4 nitrogen and oxygen atoms in total. The van der Waals surface area contributed by atoms with Gasteiger partial charge in [-0.3, -0.25) is 9.59 Å². The Morgan fingerprint density at radius 1 is 1.33 bits per heavy atom. The SMILES string of the molecule is Cc1cc(Br)ccc1NC(=O)CNC(=O)CCS. The molecule has 1 aromatic carbocycles. The third kappa shape index (κ3) is 5.10. The van der Waals surface area contributed by atoms with Crippen LogP contribution in [0.5, 0.6) is 0 Å². The first-order chi connectivity index (χ1) is 8.52. The van der Waals surface area contributed by atoms with Crippen LogP contribution in [-0.4, -0.2) is 24.1 Å². The number of benzene rings is 1. The minimum Gasteiger partial charge on any atom is -0.347 e.